The van der Waals surface area contributed by atoms with Gasteiger partial charge in [0.25, 0.3) is 0 Å². The van der Waals surface area contributed by atoms with Crippen LogP contribution in [0.2, 0.25) is 0 Å². The van der Waals surface area contributed by atoms with Crippen molar-refractivity contribution in [2.45, 2.75) is 104 Å². The largest absolute Gasteiger partial charge is 0.215 e. The van der Waals surface area contributed by atoms with Crippen LogP contribution in [0.5, 0.6) is 0 Å². The van der Waals surface area contributed by atoms with Crippen molar-refractivity contribution in [1.82, 2.24) is 0 Å². The standard InChI is InChI=1S/5C15H18N/c2*1-11-9-13(3)15(16(4)10-11)14-8-6-5-7-12(14)2;2*1-11-7-5-6-8-14(11)15-9-12(2)13(3)10-16(15)4;1-11-9-10-15(16(4)13(11)3)14-8-6-5-7-12(14)2/h5*5-10H,1-4H3/q5*+1/i1D3;;3D3;;1D3. The summed E-state index contributed by atoms with van der Waals surface area (Å²) in [6.45, 7) is 18.6. The van der Waals surface area contributed by atoms with E-state index in [1.807, 2.05) is 104 Å². The summed E-state index contributed by atoms with van der Waals surface area (Å²) in [7, 11) is 9.91. The average molecular weight is 1070 g/mol. The van der Waals surface area contributed by atoms with Crippen molar-refractivity contribution in [2.24, 2.45) is 35.2 Å². The molecule has 0 amide bonds. The van der Waals surface area contributed by atoms with Crippen molar-refractivity contribution >= 4 is 0 Å². The Balaban J connectivity index is 0.000000178. The van der Waals surface area contributed by atoms with Gasteiger partial charge in [0.05, 0.1) is 0 Å². The number of aryl methyl sites for hydroxylation is 18. The highest BCUT2D eigenvalue weighted by molar-refractivity contribution is 5.66. The number of hydrogen-bond acceptors (Lipinski definition) is 0. The first-order chi connectivity index (χ1) is 41.6. The zero-order valence-corrected chi connectivity index (χ0v) is 50.6. The minimum Gasteiger partial charge on any atom is -0.201 e. The van der Waals surface area contributed by atoms with E-state index in [2.05, 4.69) is 195 Å². The molecule has 80 heavy (non-hydrogen) atoms. The van der Waals surface area contributed by atoms with E-state index in [1.54, 1.807) is 24.5 Å². The first-order valence-corrected chi connectivity index (χ1v) is 27.4. The number of rotatable bonds is 5. The summed E-state index contributed by atoms with van der Waals surface area (Å²) >= 11 is 0. The van der Waals surface area contributed by atoms with Crippen LogP contribution in [0.15, 0.2) is 183 Å². The maximum absolute atomic E-state index is 7.55. The highest BCUT2D eigenvalue weighted by Crippen LogP contribution is 2.27. The first kappa shape index (κ1) is 48.9. The Morgan fingerprint density at radius 2 is 0.613 bits per heavy atom. The highest BCUT2D eigenvalue weighted by atomic mass is 15.0. The van der Waals surface area contributed by atoms with Crippen molar-refractivity contribution in [3.05, 3.63) is 266 Å². The topological polar surface area (TPSA) is 19.4 Å². The third kappa shape index (κ3) is 15.1. The maximum atomic E-state index is 7.55. The molecular formula is C75H90N5+5. The normalized spacial score (nSPS) is 12.6. The Labute approximate surface area is 494 Å². The molecule has 0 radical (unpaired) electrons. The van der Waals surface area contributed by atoms with Gasteiger partial charge in [-0.3, -0.25) is 0 Å². The van der Waals surface area contributed by atoms with Gasteiger partial charge in [-0.1, -0.05) is 91.0 Å². The molecule has 10 rings (SSSR count). The molecule has 0 fully saturated rings. The van der Waals surface area contributed by atoms with Gasteiger partial charge in [0.15, 0.2) is 30.5 Å². The van der Waals surface area contributed by atoms with E-state index in [4.69, 9.17) is 12.3 Å². The van der Waals surface area contributed by atoms with E-state index in [1.165, 1.54) is 72.6 Å². The van der Waals surface area contributed by atoms with Crippen LogP contribution in [0.3, 0.4) is 0 Å². The zero-order chi connectivity index (χ0) is 66.0. The van der Waals surface area contributed by atoms with Crippen molar-refractivity contribution in [3.8, 4) is 56.3 Å². The summed E-state index contributed by atoms with van der Waals surface area (Å²) in [6.07, 6.45) is 7.78. The van der Waals surface area contributed by atoms with E-state index >= 15 is 0 Å². The Hall–Kier alpha value is -8.15. The lowest BCUT2D eigenvalue weighted by Gasteiger charge is -2.07. The SMILES string of the molecule is Cc1cc(-c2ccccc2C)[n+](C)cc1C.Cc1cc(C)c(-c2ccccc2C)[n+](C)c1.[2H]C([2H])([2H])c1c[n+](C)c(-c2ccccc2C)cc1C.[2H]C([2H])([2H])c1cc(C)c(-c2ccccc2C)[n+](C)c1.[2H]C([2H])([2H])c1ccc(-c2ccccc2C)[n+](C)c1C. The first-order valence-electron chi connectivity index (χ1n) is 31.9. The molecule has 5 nitrogen and oxygen atoms in total. The second-order valence-electron chi connectivity index (χ2n) is 21.4. The Morgan fingerprint density at radius 1 is 0.263 bits per heavy atom. The quantitative estimate of drug-likeness (QED) is 0.153. The van der Waals surface area contributed by atoms with Gasteiger partial charge in [-0.05, 0) is 184 Å². The molecule has 0 saturated heterocycles. The molecule has 0 aliphatic rings. The van der Waals surface area contributed by atoms with E-state index in [-0.39, 0.29) is 0 Å². The van der Waals surface area contributed by atoms with Crippen LogP contribution in [0.25, 0.3) is 56.3 Å². The van der Waals surface area contributed by atoms with E-state index in [9.17, 15) is 0 Å². The van der Waals surface area contributed by atoms with Gasteiger partial charge in [0.2, 0.25) is 28.5 Å². The van der Waals surface area contributed by atoms with Crippen molar-refractivity contribution in [2.75, 3.05) is 0 Å². The lowest BCUT2D eigenvalue weighted by molar-refractivity contribution is -0.667. The Morgan fingerprint density at radius 3 is 1.00 bits per heavy atom. The summed E-state index contributed by atoms with van der Waals surface area (Å²) in [6, 6.07) is 53.2. The van der Waals surface area contributed by atoms with Crippen LogP contribution < -0.4 is 22.8 Å². The van der Waals surface area contributed by atoms with Gasteiger partial charge < -0.3 is 0 Å². The summed E-state index contributed by atoms with van der Waals surface area (Å²) in [5.74, 6) is 0. The minimum atomic E-state index is -2.06. The molecule has 5 aromatic heterocycles. The fourth-order valence-corrected chi connectivity index (χ4v) is 10.2. The molecule has 0 bridgehead atoms. The molecule has 0 unspecified atom stereocenters. The number of aromatic nitrogens is 5. The van der Waals surface area contributed by atoms with Crippen molar-refractivity contribution in [3.63, 3.8) is 0 Å². The van der Waals surface area contributed by atoms with Gasteiger partial charge in [-0.2, -0.15) is 4.57 Å². The maximum Gasteiger partial charge on any atom is 0.215 e. The molecule has 0 N–H and O–H groups in total. The molecule has 0 spiro atoms. The Bertz CT molecular complexity index is 4040. The molecule has 5 heterocycles. The number of hydrogen-bond donors (Lipinski definition) is 0. The molecule has 0 aliphatic heterocycles. The van der Waals surface area contributed by atoms with E-state index in [0.29, 0.717) is 16.7 Å². The molecule has 5 aromatic carbocycles. The average Bonchev–Trinajstić information content (AvgIpc) is 3.05. The second-order valence-corrected chi connectivity index (χ2v) is 21.4. The molecule has 0 atom stereocenters. The summed E-state index contributed by atoms with van der Waals surface area (Å²) in [4.78, 5) is 0. The van der Waals surface area contributed by atoms with Crippen molar-refractivity contribution in [1.29, 1.82) is 0 Å². The van der Waals surface area contributed by atoms with Crippen LogP contribution in [0.1, 0.15) is 95.9 Å². The van der Waals surface area contributed by atoms with Gasteiger partial charge in [0.1, 0.15) is 35.2 Å². The second kappa shape index (κ2) is 27.6. The molecule has 0 saturated carbocycles. The summed E-state index contributed by atoms with van der Waals surface area (Å²) < 4.78 is 77.9. The number of benzene rings is 5. The van der Waals surface area contributed by atoms with Crippen LogP contribution >= 0.6 is 0 Å². The predicted octanol–water partition coefficient (Wildman–Crippen LogP) is 15.5. The zero-order valence-electron chi connectivity index (χ0n) is 59.6. The fraction of sp³-hybridized carbons (Fsp3) is 0.267. The van der Waals surface area contributed by atoms with E-state index in [0.717, 1.165) is 50.6 Å². The predicted molar refractivity (Wildman–Crippen MR) is 336 cm³/mol. The lowest BCUT2D eigenvalue weighted by atomic mass is 10.0. The monoisotopic (exact) mass is 1070 g/mol. The van der Waals surface area contributed by atoms with Gasteiger partial charge in [-0.15, -0.1) is 0 Å². The summed E-state index contributed by atoms with van der Waals surface area (Å²) in [5.41, 5.74) is 27.0. The smallest absolute Gasteiger partial charge is 0.201 e. The summed E-state index contributed by atoms with van der Waals surface area (Å²) in [5, 5.41) is 0. The Kier molecular flexibility index (Phi) is 16.9. The third-order valence-electron chi connectivity index (χ3n) is 14.9. The third-order valence-corrected chi connectivity index (χ3v) is 14.9. The van der Waals surface area contributed by atoms with Gasteiger partial charge >= 0.3 is 0 Å². The van der Waals surface area contributed by atoms with Crippen LogP contribution in [-0.2, 0) is 35.2 Å². The van der Waals surface area contributed by atoms with Crippen molar-refractivity contribution < 1.29 is 35.2 Å². The number of pyridine rings is 5. The lowest BCUT2D eigenvalue weighted by Crippen LogP contribution is -2.35. The van der Waals surface area contributed by atoms with Crippen LogP contribution in [0, 0.1) is 104 Å². The number of nitrogens with zero attached hydrogens (tertiary/aromatic N) is 5. The van der Waals surface area contributed by atoms with Gasteiger partial charge in [0, 0.05) is 104 Å². The highest BCUT2D eigenvalue weighted by Gasteiger charge is 2.19. The minimum absolute atomic E-state index is 0.379. The molecule has 5 heteroatoms. The molecule has 0 aliphatic carbocycles. The van der Waals surface area contributed by atoms with Crippen LogP contribution in [0.4, 0.5) is 0 Å². The molecular weight excluding hydrogens is 971 g/mol. The fourth-order valence-electron chi connectivity index (χ4n) is 10.2. The molecule has 10 aromatic rings. The van der Waals surface area contributed by atoms with E-state index < -0.39 is 20.6 Å². The van der Waals surface area contributed by atoms with Gasteiger partial charge in [-0.25, -0.2) is 18.3 Å². The molecule has 410 valence electrons. The van der Waals surface area contributed by atoms with Crippen LogP contribution in [-0.4, -0.2) is 0 Å².